The first-order chi connectivity index (χ1) is 11.3. The minimum Gasteiger partial charge on any atom is -0.494 e. The second-order valence-electron chi connectivity index (χ2n) is 6.11. The standard InChI is InChI=1S/C20H26N2O/c1-2-23-20-10-8-19(9-11-20)17-22-14-12-21(13-15-22)16-18-6-4-3-5-7-18/h3-11H,2,12-17H2,1H3. The highest BCUT2D eigenvalue weighted by molar-refractivity contribution is 5.27. The van der Waals surface area contributed by atoms with Gasteiger partial charge in [-0.1, -0.05) is 42.5 Å². The zero-order valence-corrected chi connectivity index (χ0v) is 13.9. The number of nitrogens with zero attached hydrogens (tertiary/aromatic N) is 2. The van der Waals surface area contributed by atoms with Gasteiger partial charge in [-0.05, 0) is 30.2 Å². The van der Waals surface area contributed by atoms with E-state index in [9.17, 15) is 0 Å². The van der Waals surface area contributed by atoms with Crippen molar-refractivity contribution in [1.29, 1.82) is 0 Å². The normalized spacial score (nSPS) is 16.4. The van der Waals surface area contributed by atoms with Crippen molar-refractivity contribution in [1.82, 2.24) is 9.80 Å². The summed E-state index contributed by atoms with van der Waals surface area (Å²) in [4.78, 5) is 5.08. The molecular formula is C20H26N2O. The minimum atomic E-state index is 0.725. The lowest BCUT2D eigenvalue weighted by molar-refractivity contribution is 0.122. The van der Waals surface area contributed by atoms with Crippen molar-refractivity contribution in [2.45, 2.75) is 20.0 Å². The first-order valence-corrected chi connectivity index (χ1v) is 8.54. The van der Waals surface area contributed by atoms with Crippen molar-refractivity contribution < 1.29 is 4.74 Å². The Hall–Kier alpha value is -1.84. The van der Waals surface area contributed by atoms with Crippen LogP contribution in [0.1, 0.15) is 18.1 Å². The number of hydrogen-bond donors (Lipinski definition) is 0. The lowest BCUT2D eigenvalue weighted by Crippen LogP contribution is -2.45. The fraction of sp³-hybridized carbons (Fsp3) is 0.400. The maximum Gasteiger partial charge on any atom is 0.119 e. The zero-order valence-electron chi connectivity index (χ0n) is 13.9. The van der Waals surface area contributed by atoms with Crippen LogP contribution < -0.4 is 4.74 Å². The van der Waals surface area contributed by atoms with E-state index in [4.69, 9.17) is 4.74 Å². The molecule has 23 heavy (non-hydrogen) atoms. The van der Waals surface area contributed by atoms with Crippen LogP contribution in [0.3, 0.4) is 0 Å². The van der Waals surface area contributed by atoms with Gasteiger partial charge in [0.2, 0.25) is 0 Å². The minimum absolute atomic E-state index is 0.725. The van der Waals surface area contributed by atoms with Gasteiger partial charge in [0.15, 0.2) is 0 Å². The zero-order chi connectivity index (χ0) is 15.9. The number of hydrogen-bond acceptors (Lipinski definition) is 3. The lowest BCUT2D eigenvalue weighted by Gasteiger charge is -2.34. The molecule has 1 aliphatic rings. The second kappa shape index (κ2) is 8.14. The summed E-state index contributed by atoms with van der Waals surface area (Å²) >= 11 is 0. The summed E-state index contributed by atoms with van der Waals surface area (Å²) in [6.07, 6.45) is 0. The van der Waals surface area contributed by atoms with Gasteiger partial charge in [0.05, 0.1) is 6.61 Å². The van der Waals surface area contributed by atoms with Crippen LogP contribution in [0.4, 0.5) is 0 Å². The van der Waals surface area contributed by atoms with Gasteiger partial charge < -0.3 is 4.74 Å². The molecule has 1 fully saturated rings. The van der Waals surface area contributed by atoms with Crippen LogP contribution in [0.5, 0.6) is 5.75 Å². The fourth-order valence-electron chi connectivity index (χ4n) is 3.06. The Morgan fingerprint density at radius 2 is 1.26 bits per heavy atom. The Labute approximate surface area is 139 Å². The van der Waals surface area contributed by atoms with Crippen LogP contribution in [-0.2, 0) is 13.1 Å². The summed E-state index contributed by atoms with van der Waals surface area (Å²) in [6.45, 7) is 9.41. The van der Waals surface area contributed by atoms with Crippen molar-refractivity contribution in [2.24, 2.45) is 0 Å². The summed E-state index contributed by atoms with van der Waals surface area (Å²) in [5.41, 5.74) is 2.78. The molecule has 122 valence electrons. The SMILES string of the molecule is CCOc1ccc(CN2CCN(Cc3ccccc3)CC2)cc1. The van der Waals surface area contributed by atoms with Crippen molar-refractivity contribution in [2.75, 3.05) is 32.8 Å². The van der Waals surface area contributed by atoms with Crippen LogP contribution in [-0.4, -0.2) is 42.6 Å². The maximum absolute atomic E-state index is 5.50. The van der Waals surface area contributed by atoms with E-state index in [0.29, 0.717) is 0 Å². The number of ether oxygens (including phenoxy) is 1. The van der Waals surface area contributed by atoms with Crippen LogP contribution in [0.25, 0.3) is 0 Å². The number of piperazine rings is 1. The average Bonchev–Trinajstić information content (AvgIpc) is 2.60. The van der Waals surface area contributed by atoms with E-state index >= 15 is 0 Å². The molecule has 3 nitrogen and oxygen atoms in total. The maximum atomic E-state index is 5.50. The Morgan fingerprint density at radius 1 is 0.739 bits per heavy atom. The van der Waals surface area contributed by atoms with Crippen LogP contribution >= 0.6 is 0 Å². The quantitative estimate of drug-likeness (QED) is 0.813. The van der Waals surface area contributed by atoms with Crippen molar-refractivity contribution in [3.63, 3.8) is 0 Å². The molecule has 0 radical (unpaired) electrons. The van der Waals surface area contributed by atoms with E-state index in [2.05, 4.69) is 64.4 Å². The van der Waals surface area contributed by atoms with Gasteiger partial charge >= 0.3 is 0 Å². The first-order valence-electron chi connectivity index (χ1n) is 8.54. The molecule has 0 spiro atoms. The highest BCUT2D eigenvalue weighted by atomic mass is 16.5. The lowest BCUT2D eigenvalue weighted by atomic mass is 10.1. The van der Waals surface area contributed by atoms with Crippen LogP contribution in [0.2, 0.25) is 0 Å². The molecule has 1 saturated heterocycles. The third-order valence-electron chi connectivity index (χ3n) is 4.35. The van der Waals surface area contributed by atoms with Gasteiger partial charge in [0.1, 0.15) is 5.75 Å². The molecule has 3 heteroatoms. The Bertz CT molecular complexity index is 574. The molecule has 0 aliphatic carbocycles. The molecule has 1 heterocycles. The molecule has 0 atom stereocenters. The van der Waals surface area contributed by atoms with Gasteiger partial charge in [-0.25, -0.2) is 0 Å². The van der Waals surface area contributed by atoms with E-state index < -0.39 is 0 Å². The molecule has 1 aliphatic heterocycles. The topological polar surface area (TPSA) is 15.7 Å². The summed E-state index contributed by atoms with van der Waals surface area (Å²) < 4.78 is 5.50. The van der Waals surface area contributed by atoms with Crippen molar-refractivity contribution in [3.05, 3.63) is 65.7 Å². The molecule has 0 saturated carbocycles. The molecule has 2 aromatic carbocycles. The Balaban J connectivity index is 1.45. The predicted molar refractivity (Wildman–Crippen MR) is 94.6 cm³/mol. The largest absolute Gasteiger partial charge is 0.494 e. The van der Waals surface area contributed by atoms with E-state index in [0.717, 1.165) is 51.6 Å². The van der Waals surface area contributed by atoms with E-state index in [1.807, 2.05) is 6.92 Å². The van der Waals surface area contributed by atoms with Gasteiger partial charge in [0.25, 0.3) is 0 Å². The fourth-order valence-corrected chi connectivity index (χ4v) is 3.06. The first kappa shape index (κ1) is 16.0. The molecule has 0 aromatic heterocycles. The van der Waals surface area contributed by atoms with E-state index in [-0.39, 0.29) is 0 Å². The van der Waals surface area contributed by atoms with Crippen molar-refractivity contribution >= 4 is 0 Å². The van der Waals surface area contributed by atoms with Crippen LogP contribution in [0.15, 0.2) is 54.6 Å². The van der Waals surface area contributed by atoms with Crippen LogP contribution in [0, 0.1) is 0 Å². The van der Waals surface area contributed by atoms with Gasteiger partial charge in [-0.3, -0.25) is 9.80 Å². The summed E-state index contributed by atoms with van der Waals surface area (Å²) in [7, 11) is 0. The smallest absolute Gasteiger partial charge is 0.119 e. The van der Waals surface area contributed by atoms with Crippen molar-refractivity contribution in [3.8, 4) is 5.75 Å². The predicted octanol–water partition coefficient (Wildman–Crippen LogP) is 3.40. The number of rotatable bonds is 6. The van der Waals surface area contributed by atoms with E-state index in [1.54, 1.807) is 0 Å². The molecule has 2 aromatic rings. The molecule has 0 unspecified atom stereocenters. The highest BCUT2D eigenvalue weighted by Gasteiger charge is 2.16. The third kappa shape index (κ3) is 4.81. The van der Waals surface area contributed by atoms with E-state index in [1.165, 1.54) is 11.1 Å². The Morgan fingerprint density at radius 3 is 1.78 bits per heavy atom. The average molecular weight is 310 g/mol. The number of benzene rings is 2. The summed E-state index contributed by atoms with van der Waals surface area (Å²) in [5.74, 6) is 0.962. The van der Waals surface area contributed by atoms with Gasteiger partial charge in [-0.2, -0.15) is 0 Å². The molecule has 0 N–H and O–H groups in total. The molecule has 0 bridgehead atoms. The van der Waals surface area contributed by atoms with Gasteiger partial charge in [-0.15, -0.1) is 0 Å². The summed E-state index contributed by atoms with van der Waals surface area (Å²) in [6, 6.07) is 19.3. The third-order valence-corrected chi connectivity index (χ3v) is 4.35. The highest BCUT2D eigenvalue weighted by Crippen LogP contribution is 2.15. The molecular weight excluding hydrogens is 284 g/mol. The summed E-state index contributed by atoms with van der Waals surface area (Å²) in [5, 5.41) is 0. The molecule has 3 rings (SSSR count). The molecule has 0 amide bonds. The Kier molecular flexibility index (Phi) is 5.67. The van der Waals surface area contributed by atoms with Gasteiger partial charge in [0, 0.05) is 39.3 Å². The second-order valence-corrected chi connectivity index (χ2v) is 6.11. The monoisotopic (exact) mass is 310 g/mol.